The molecule has 0 saturated heterocycles. The second kappa shape index (κ2) is 3.21. The fourth-order valence-corrected chi connectivity index (χ4v) is 15.5. The van der Waals surface area contributed by atoms with Gasteiger partial charge in [-0.2, -0.15) is 0 Å². The molecule has 0 spiro atoms. The first-order chi connectivity index (χ1) is 7.28. The van der Waals surface area contributed by atoms with Gasteiger partial charge in [0.15, 0.2) is 0 Å². The molecule has 0 atom stereocenters. The Morgan fingerprint density at radius 3 is 1.33 bits per heavy atom. The van der Waals surface area contributed by atoms with Gasteiger partial charge in [-0.1, -0.05) is 0 Å². The average Bonchev–Trinajstić information content (AvgIpc) is 2.95. The average molecular weight is 399 g/mol. The van der Waals surface area contributed by atoms with E-state index < -0.39 is 0 Å². The zero-order valence-corrected chi connectivity index (χ0v) is 13.2. The van der Waals surface area contributed by atoms with Gasteiger partial charge in [0.25, 0.3) is 0 Å². The molecule has 0 N–H and O–H groups in total. The van der Waals surface area contributed by atoms with E-state index in [1.807, 2.05) is 0 Å². The van der Waals surface area contributed by atoms with E-state index in [2.05, 4.69) is 0 Å². The van der Waals surface area contributed by atoms with Crippen LogP contribution in [0.15, 0.2) is 0 Å². The third kappa shape index (κ3) is 1.48. The van der Waals surface area contributed by atoms with E-state index in [0.29, 0.717) is 0 Å². The Labute approximate surface area is 105 Å². The van der Waals surface area contributed by atoms with Crippen LogP contribution in [0.5, 0.6) is 0 Å². The molecule has 1 heteroatoms. The maximum absolute atomic E-state index is 1.70. The molecule has 0 aromatic heterocycles. The molecule has 4 saturated carbocycles. The van der Waals surface area contributed by atoms with Crippen molar-refractivity contribution in [2.75, 3.05) is 0 Å². The van der Waals surface area contributed by atoms with Gasteiger partial charge in [0.05, 0.1) is 0 Å². The zero-order chi connectivity index (χ0) is 9.93. The van der Waals surface area contributed by atoms with Crippen LogP contribution in [0, 0.1) is 11.8 Å². The van der Waals surface area contributed by atoms with Crippen molar-refractivity contribution in [3.8, 4) is 0 Å². The molecule has 4 fully saturated rings. The van der Waals surface area contributed by atoms with Crippen LogP contribution >= 0.6 is 0 Å². The number of fused-ring (bicyclic) bond motifs is 4. The maximum atomic E-state index is 1.70. The minimum absolute atomic E-state index is 0.190. The van der Waals surface area contributed by atoms with Crippen molar-refractivity contribution in [3.63, 3.8) is 0 Å². The van der Waals surface area contributed by atoms with E-state index in [1.165, 1.54) is 11.8 Å². The van der Waals surface area contributed by atoms with Gasteiger partial charge in [-0.05, 0) is 0 Å². The van der Waals surface area contributed by atoms with Crippen molar-refractivity contribution in [3.05, 3.63) is 0 Å². The fraction of sp³-hybridized carbons (Fsp3) is 1.00. The minimum atomic E-state index is -0.190. The predicted molar refractivity (Wildman–Crippen MR) is 64.3 cm³/mol. The third-order valence-electron chi connectivity index (χ3n) is 5.88. The van der Waals surface area contributed by atoms with Gasteiger partial charge in [0.1, 0.15) is 0 Å². The van der Waals surface area contributed by atoms with Crippen LogP contribution in [0.1, 0.15) is 64.2 Å². The molecule has 1 radical (unpaired) electrons. The summed E-state index contributed by atoms with van der Waals surface area (Å²) < 4.78 is 2.09. The van der Waals surface area contributed by atoms with E-state index >= 15 is 0 Å². The first-order valence-corrected chi connectivity index (χ1v) is 10.5. The summed E-state index contributed by atoms with van der Waals surface area (Å²) in [6, 6.07) is 0. The summed E-state index contributed by atoms with van der Waals surface area (Å²) >= 11 is -0.190. The fourth-order valence-electron chi connectivity index (χ4n) is 5.14. The summed E-state index contributed by atoms with van der Waals surface area (Å²) in [6.45, 7) is 0. The molecular weight excluding hydrogens is 377 g/mol. The van der Waals surface area contributed by atoms with E-state index in [9.17, 15) is 0 Å². The Hall–Kier alpha value is 0.883. The van der Waals surface area contributed by atoms with Crippen LogP contribution in [0.2, 0.25) is 6.25 Å². The van der Waals surface area contributed by atoms with Crippen LogP contribution < -0.4 is 0 Å². The molecule has 4 rings (SSSR count). The summed E-state index contributed by atoms with van der Waals surface area (Å²) in [4.78, 5) is 0. The van der Waals surface area contributed by atoms with Crippen LogP contribution in [-0.2, 0) is 0 Å². The van der Waals surface area contributed by atoms with Gasteiger partial charge in [0.2, 0.25) is 0 Å². The molecule has 0 unspecified atom stereocenters. The van der Waals surface area contributed by atoms with Crippen molar-refractivity contribution in [1.29, 1.82) is 0 Å². The summed E-state index contributed by atoms with van der Waals surface area (Å²) in [6.07, 6.45) is 16.6. The summed E-state index contributed by atoms with van der Waals surface area (Å²) in [5, 5.41) is 0. The summed E-state index contributed by atoms with van der Waals surface area (Å²) in [7, 11) is 0. The van der Waals surface area contributed by atoms with Crippen molar-refractivity contribution in [2.45, 2.75) is 70.5 Å². The Morgan fingerprint density at radius 2 is 1.07 bits per heavy atom. The molecule has 4 aliphatic carbocycles. The first-order valence-electron chi connectivity index (χ1n) is 7.02. The Kier molecular flexibility index (Phi) is 2.11. The molecule has 0 amide bonds. The molecule has 4 aliphatic rings. The van der Waals surface area contributed by atoms with Gasteiger partial charge in [-0.15, -0.1) is 0 Å². The van der Waals surface area contributed by atoms with Gasteiger partial charge in [0, 0.05) is 0 Å². The van der Waals surface area contributed by atoms with Crippen molar-refractivity contribution in [2.24, 2.45) is 11.8 Å². The van der Waals surface area contributed by atoms with Gasteiger partial charge in [-0.25, -0.2) is 0 Å². The predicted octanol–water partition coefficient (Wildman–Crippen LogP) is 4.20. The number of rotatable bonds is 2. The van der Waals surface area contributed by atoms with E-state index in [1.54, 1.807) is 64.2 Å². The molecule has 0 aromatic carbocycles. The van der Waals surface area contributed by atoms with E-state index in [-0.39, 0.29) is 23.2 Å². The molecular formula is C14H22Bi. The number of hydrogen-bond donors (Lipinski definition) is 0. The standard InChI is InChI=1S/2C7H11.Bi/c2*1-2-7-4-3-6(1)5-7;/h2*6H,1-5H2;. The Morgan fingerprint density at radius 1 is 0.667 bits per heavy atom. The molecule has 0 aliphatic heterocycles. The first kappa shape index (κ1) is 9.87. The topological polar surface area (TPSA) is 0 Å². The zero-order valence-electron chi connectivity index (χ0n) is 9.67. The third-order valence-corrected chi connectivity index (χ3v) is 14.5. The van der Waals surface area contributed by atoms with E-state index in [4.69, 9.17) is 0 Å². The summed E-state index contributed by atoms with van der Waals surface area (Å²) in [5.74, 6) is 2.40. The molecule has 4 bridgehead atoms. The Balaban J connectivity index is 1.55. The van der Waals surface area contributed by atoms with Crippen LogP contribution in [0.4, 0.5) is 0 Å². The van der Waals surface area contributed by atoms with Crippen LogP contribution in [0.25, 0.3) is 0 Å². The van der Waals surface area contributed by atoms with Crippen molar-refractivity contribution < 1.29 is 0 Å². The van der Waals surface area contributed by atoms with Crippen LogP contribution in [0.3, 0.4) is 0 Å². The molecule has 0 heterocycles. The number of hydrogen-bond acceptors (Lipinski definition) is 0. The van der Waals surface area contributed by atoms with Gasteiger partial charge in [-0.3, -0.25) is 0 Å². The molecule has 0 aromatic rings. The second-order valence-corrected chi connectivity index (χ2v) is 15.1. The normalized spacial score (nSPS) is 56.8. The van der Waals surface area contributed by atoms with Gasteiger partial charge < -0.3 is 0 Å². The van der Waals surface area contributed by atoms with Crippen molar-refractivity contribution >= 4 is 23.2 Å². The van der Waals surface area contributed by atoms with Crippen molar-refractivity contribution in [1.82, 2.24) is 0 Å². The Bertz CT molecular complexity index is 239. The quantitative estimate of drug-likeness (QED) is 0.611. The monoisotopic (exact) mass is 399 g/mol. The van der Waals surface area contributed by atoms with E-state index in [0.717, 1.165) is 6.25 Å². The molecule has 83 valence electrons. The SMILES string of the molecule is C1C[C]2([Bi][C]34CCC(CC3)C4)CCC1C2. The second-order valence-electron chi connectivity index (χ2n) is 6.86. The molecule has 15 heavy (non-hydrogen) atoms. The molecule has 0 nitrogen and oxygen atoms in total. The van der Waals surface area contributed by atoms with Crippen LogP contribution in [-0.4, -0.2) is 23.2 Å². The summed E-state index contributed by atoms with van der Waals surface area (Å²) in [5.41, 5.74) is 0. The van der Waals surface area contributed by atoms with Gasteiger partial charge >= 0.3 is 106 Å².